The van der Waals surface area contributed by atoms with Gasteiger partial charge in [-0.25, -0.2) is 0 Å². The van der Waals surface area contributed by atoms with Crippen LogP contribution in [0.5, 0.6) is 0 Å². The van der Waals surface area contributed by atoms with Crippen LogP contribution in [0.4, 0.5) is 0 Å². The van der Waals surface area contributed by atoms with Crippen molar-refractivity contribution in [1.29, 1.82) is 0 Å². The van der Waals surface area contributed by atoms with Gasteiger partial charge < -0.3 is 10.6 Å². The second-order valence-corrected chi connectivity index (χ2v) is 8.19. The molecule has 2 atom stereocenters. The van der Waals surface area contributed by atoms with Crippen molar-refractivity contribution >= 4 is 17.3 Å². The molecular weight excluding hydrogens is 340 g/mol. The maximum absolute atomic E-state index is 4.43. The SMILES string of the molecule is CN=C(NCC1Cc2ccccc21)NCC(c1cccs1)N1CCCC1. The molecule has 5 heteroatoms. The van der Waals surface area contributed by atoms with Gasteiger partial charge in [0.1, 0.15) is 0 Å². The highest BCUT2D eigenvalue weighted by Gasteiger charge is 2.26. The predicted octanol–water partition coefficient (Wildman–Crippen LogP) is 3.39. The van der Waals surface area contributed by atoms with E-state index in [1.807, 2.05) is 18.4 Å². The summed E-state index contributed by atoms with van der Waals surface area (Å²) < 4.78 is 0. The van der Waals surface area contributed by atoms with Gasteiger partial charge >= 0.3 is 0 Å². The quantitative estimate of drug-likeness (QED) is 0.606. The van der Waals surface area contributed by atoms with Gasteiger partial charge in [0.05, 0.1) is 6.04 Å². The van der Waals surface area contributed by atoms with E-state index < -0.39 is 0 Å². The third-order valence-corrected chi connectivity index (χ3v) is 6.59. The minimum Gasteiger partial charge on any atom is -0.356 e. The van der Waals surface area contributed by atoms with Crippen LogP contribution in [0.1, 0.15) is 40.8 Å². The van der Waals surface area contributed by atoms with Gasteiger partial charge in [-0.05, 0) is 54.9 Å². The lowest BCUT2D eigenvalue weighted by Gasteiger charge is -2.31. The van der Waals surface area contributed by atoms with E-state index in [-0.39, 0.29) is 0 Å². The summed E-state index contributed by atoms with van der Waals surface area (Å²) in [5, 5.41) is 9.27. The topological polar surface area (TPSA) is 39.7 Å². The molecule has 138 valence electrons. The molecular formula is C21H28N4S. The fourth-order valence-corrected chi connectivity index (χ4v) is 4.98. The Morgan fingerprint density at radius 1 is 1.19 bits per heavy atom. The Labute approximate surface area is 160 Å². The Hall–Kier alpha value is -1.85. The molecule has 4 rings (SSSR count). The lowest BCUT2D eigenvalue weighted by molar-refractivity contribution is 0.249. The minimum absolute atomic E-state index is 0.445. The Balaban J connectivity index is 1.31. The maximum atomic E-state index is 4.43. The van der Waals surface area contributed by atoms with E-state index in [2.05, 4.69) is 62.3 Å². The highest BCUT2D eigenvalue weighted by Crippen LogP contribution is 2.34. The highest BCUT2D eigenvalue weighted by atomic mass is 32.1. The lowest BCUT2D eigenvalue weighted by Crippen LogP contribution is -2.44. The smallest absolute Gasteiger partial charge is 0.191 e. The lowest BCUT2D eigenvalue weighted by atomic mass is 9.78. The number of hydrogen-bond donors (Lipinski definition) is 2. The third kappa shape index (κ3) is 3.79. The second kappa shape index (κ2) is 8.23. The van der Waals surface area contributed by atoms with Gasteiger partial charge in [0.15, 0.2) is 5.96 Å². The third-order valence-electron chi connectivity index (χ3n) is 5.62. The molecule has 1 aromatic carbocycles. The van der Waals surface area contributed by atoms with Crippen molar-refractivity contribution in [3.05, 3.63) is 57.8 Å². The zero-order chi connectivity index (χ0) is 17.8. The van der Waals surface area contributed by atoms with Crippen LogP contribution in [0, 0.1) is 0 Å². The Morgan fingerprint density at radius 3 is 2.77 bits per heavy atom. The van der Waals surface area contributed by atoms with Gasteiger partial charge in [0, 0.05) is 30.9 Å². The van der Waals surface area contributed by atoms with Crippen molar-refractivity contribution in [2.45, 2.75) is 31.2 Å². The molecule has 1 aliphatic carbocycles. The second-order valence-electron chi connectivity index (χ2n) is 7.21. The first-order chi connectivity index (χ1) is 12.8. The average Bonchev–Trinajstić information content (AvgIpc) is 3.35. The summed E-state index contributed by atoms with van der Waals surface area (Å²) in [7, 11) is 1.86. The number of nitrogens with one attached hydrogen (secondary N) is 2. The Morgan fingerprint density at radius 2 is 2.04 bits per heavy atom. The van der Waals surface area contributed by atoms with E-state index in [4.69, 9.17) is 0 Å². The number of thiophene rings is 1. The molecule has 1 saturated heterocycles. The predicted molar refractivity (Wildman–Crippen MR) is 110 cm³/mol. The number of benzene rings is 1. The molecule has 4 nitrogen and oxygen atoms in total. The highest BCUT2D eigenvalue weighted by molar-refractivity contribution is 7.10. The first kappa shape index (κ1) is 17.6. The number of nitrogens with zero attached hydrogens (tertiary/aromatic N) is 2. The Kier molecular flexibility index (Phi) is 5.56. The van der Waals surface area contributed by atoms with Gasteiger partial charge in [-0.3, -0.25) is 9.89 Å². The van der Waals surface area contributed by atoms with Crippen LogP contribution in [0.25, 0.3) is 0 Å². The fourth-order valence-electron chi connectivity index (χ4n) is 4.12. The first-order valence-electron chi connectivity index (χ1n) is 9.65. The zero-order valence-corrected chi connectivity index (χ0v) is 16.3. The molecule has 2 N–H and O–H groups in total. The molecule has 0 radical (unpaired) electrons. The summed E-state index contributed by atoms with van der Waals surface area (Å²) >= 11 is 1.86. The molecule has 2 aromatic rings. The summed E-state index contributed by atoms with van der Waals surface area (Å²) in [6.07, 6.45) is 3.80. The number of guanidine groups is 1. The van der Waals surface area contributed by atoms with E-state index in [1.54, 1.807) is 0 Å². The van der Waals surface area contributed by atoms with Crippen LogP contribution >= 0.6 is 11.3 Å². The van der Waals surface area contributed by atoms with Gasteiger partial charge in [-0.15, -0.1) is 11.3 Å². The van der Waals surface area contributed by atoms with E-state index >= 15 is 0 Å². The van der Waals surface area contributed by atoms with Crippen LogP contribution in [-0.4, -0.2) is 44.1 Å². The van der Waals surface area contributed by atoms with Crippen molar-refractivity contribution < 1.29 is 0 Å². The van der Waals surface area contributed by atoms with Crippen molar-refractivity contribution in [2.24, 2.45) is 4.99 Å². The molecule has 0 spiro atoms. The molecule has 26 heavy (non-hydrogen) atoms. The first-order valence-corrected chi connectivity index (χ1v) is 10.5. The van der Waals surface area contributed by atoms with Gasteiger partial charge in [-0.2, -0.15) is 0 Å². The van der Waals surface area contributed by atoms with E-state index in [9.17, 15) is 0 Å². The van der Waals surface area contributed by atoms with Crippen LogP contribution in [-0.2, 0) is 6.42 Å². The normalized spacial score (nSPS) is 21.1. The summed E-state index contributed by atoms with van der Waals surface area (Å²) in [5.74, 6) is 1.52. The zero-order valence-electron chi connectivity index (χ0n) is 15.4. The molecule has 1 fully saturated rings. The molecule has 2 unspecified atom stereocenters. The number of likely N-dealkylation sites (tertiary alicyclic amines) is 1. The number of hydrogen-bond acceptors (Lipinski definition) is 3. The molecule has 2 heterocycles. The minimum atomic E-state index is 0.445. The summed E-state index contributed by atoms with van der Waals surface area (Å²) in [4.78, 5) is 8.49. The standard InChI is InChI=1S/C21H28N4S/c1-22-21(23-14-17-13-16-7-2-3-8-18(16)17)24-15-19(20-9-6-12-26-20)25-10-4-5-11-25/h2-3,6-9,12,17,19H,4-5,10-11,13-15H2,1H3,(H2,22,23,24). The molecule has 0 bridgehead atoms. The Bertz CT molecular complexity index is 734. The number of rotatable bonds is 6. The monoisotopic (exact) mass is 368 g/mol. The van der Waals surface area contributed by atoms with Crippen molar-refractivity contribution in [3.63, 3.8) is 0 Å². The largest absolute Gasteiger partial charge is 0.356 e. The average molecular weight is 369 g/mol. The van der Waals surface area contributed by atoms with Gasteiger partial charge in [-0.1, -0.05) is 30.3 Å². The molecule has 2 aliphatic rings. The van der Waals surface area contributed by atoms with Crippen LogP contribution in [0.2, 0.25) is 0 Å². The number of fused-ring (bicyclic) bond motifs is 1. The molecule has 1 aromatic heterocycles. The summed E-state index contributed by atoms with van der Waals surface area (Å²) in [6, 6.07) is 13.6. The molecule has 1 aliphatic heterocycles. The summed E-state index contributed by atoms with van der Waals surface area (Å²) in [5.41, 5.74) is 2.98. The van der Waals surface area contributed by atoms with E-state index in [0.717, 1.165) is 19.0 Å². The number of aliphatic imine (C=N–C) groups is 1. The van der Waals surface area contributed by atoms with E-state index in [1.165, 1.54) is 48.4 Å². The molecule has 0 amide bonds. The van der Waals surface area contributed by atoms with Crippen molar-refractivity contribution in [2.75, 3.05) is 33.2 Å². The van der Waals surface area contributed by atoms with Crippen molar-refractivity contribution in [3.8, 4) is 0 Å². The van der Waals surface area contributed by atoms with Crippen LogP contribution in [0.15, 0.2) is 46.8 Å². The maximum Gasteiger partial charge on any atom is 0.191 e. The van der Waals surface area contributed by atoms with Crippen molar-refractivity contribution in [1.82, 2.24) is 15.5 Å². The fraction of sp³-hybridized carbons (Fsp3) is 0.476. The van der Waals surface area contributed by atoms with Crippen LogP contribution in [0.3, 0.4) is 0 Å². The van der Waals surface area contributed by atoms with Gasteiger partial charge in [0.25, 0.3) is 0 Å². The van der Waals surface area contributed by atoms with Crippen LogP contribution < -0.4 is 10.6 Å². The molecule has 0 saturated carbocycles. The van der Waals surface area contributed by atoms with Gasteiger partial charge in [0.2, 0.25) is 0 Å². The van der Waals surface area contributed by atoms with E-state index in [0.29, 0.717) is 12.0 Å². The summed E-state index contributed by atoms with van der Waals surface area (Å²) in [6.45, 7) is 4.26.